The maximum atomic E-state index is 12.2. The number of ether oxygens (including phenoxy) is 1. The van der Waals surface area contributed by atoms with Crippen molar-refractivity contribution in [3.63, 3.8) is 0 Å². The van der Waals surface area contributed by atoms with E-state index in [0.717, 1.165) is 5.56 Å². The number of hydrogen-bond donors (Lipinski definition) is 2. The number of likely N-dealkylation sites (N-methyl/N-ethyl adjacent to an activating group) is 1. The first-order valence-electron chi connectivity index (χ1n) is 8.07. The molecule has 0 fully saturated rings. The van der Waals surface area contributed by atoms with Crippen LogP contribution < -0.4 is 15.4 Å². The van der Waals surface area contributed by atoms with Crippen molar-refractivity contribution in [1.82, 2.24) is 4.90 Å². The van der Waals surface area contributed by atoms with Crippen LogP contribution in [0.25, 0.3) is 0 Å². The molecule has 2 N–H and O–H groups in total. The van der Waals surface area contributed by atoms with E-state index >= 15 is 0 Å². The molecule has 2 rings (SSSR count). The molecule has 138 valence electrons. The second-order valence-electron chi connectivity index (χ2n) is 6.08. The maximum absolute atomic E-state index is 12.2. The smallest absolute Gasteiger partial charge is 0.262 e. The molecule has 2 amide bonds. The summed E-state index contributed by atoms with van der Waals surface area (Å²) in [6.07, 6.45) is 0. The molecule has 26 heavy (non-hydrogen) atoms. The van der Waals surface area contributed by atoms with Crippen molar-refractivity contribution in [3.05, 3.63) is 53.1 Å². The zero-order valence-electron chi connectivity index (χ0n) is 15.0. The number of rotatable bonds is 7. The van der Waals surface area contributed by atoms with Gasteiger partial charge in [0, 0.05) is 5.02 Å². The minimum absolute atomic E-state index is 0.150. The van der Waals surface area contributed by atoms with Crippen LogP contribution in [0.4, 0.5) is 11.4 Å². The topological polar surface area (TPSA) is 70.7 Å². The third kappa shape index (κ3) is 6.06. The van der Waals surface area contributed by atoms with Crippen molar-refractivity contribution in [3.8, 4) is 5.75 Å². The zero-order valence-corrected chi connectivity index (χ0v) is 15.8. The summed E-state index contributed by atoms with van der Waals surface area (Å²) in [6, 6.07) is 12.2. The van der Waals surface area contributed by atoms with E-state index in [1.807, 2.05) is 21.0 Å². The number of nitrogens with zero attached hydrogens (tertiary/aromatic N) is 1. The largest absolute Gasteiger partial charge is 0.483 e. The van der Waals surface area contributed by atoms with E-state index < -0.39 is 0 Å². The van der Waals surface area contributed by atoms with Gasteiger partial charge in [-0.3, -0.25) is 9.59 Å². The lowest BCUT2D eigenvalue weighted by atomic mass is 10.2. The summed E-state index contributed by atoms with van der Waals surface area (Å²) in [5.41, 5.74) is 1.90. The first-order valence-corrected chi connectivity index (χ1v) is 8.45. The lowest BCUT2D eigenvalue weighted by Gasteiger charge is -2.14. The maximum Gasteiger partial charge on any atom is 0.262 e. The van der Waals surface area contributed by atoms with Crippen LogP contribution >= 0.6 is 11.6 Å². The number of hydrogen-bond acceptors (Lipinski definition) is 4. The lowest BCUT2D eigenvalue weighted by Crippen LogP contribution is -2.28. The van der Waals surface area contributed by atoms with Gasteiger partial charge in [-0.2, -0.15) is 0 Å². The predicted octanol–water partition coefficient (Wildman–Crippen LogP) is 3.17. The first kappa shape index (κ1) is 19.8. The average molecular weight is 376 g/mol. The minimum Gasteiger partial charge on any atom is -0.483 e. The molecule has 7 heteroatoms. The van der Waals surface area contributed by atoms with Gasteiger partial charge in [0.05, 0.1) is 17.9 Å². The Bertz CT molecular complexity index is 793. The normalized spacial score (nSPS) is 10.5. The average Bonchev–Trinajstić information content (AvgIpc) is 2.55. The van der Waals surface area contributed by atoms with E-state index in [4.69, 9.17) is 16.3 Å². The van der Waals surface area contributed by atoms with Gasteiger partial charge in [-0.15, -0.1) is 0 Å². The van der Waals surface area contributed by atoms with Crippen LogP contribution in [0.1, 0.15) is 5.56 Å². The lowest BCUT2D eigenvalue weighted by molar-refractivity contribution is -0.118. The number of aryl methyl sites for hydroxylation is 1. The molecule has 0 aliphatic rings. The van der Waals surface area contributed by atoms with Crippen molar-refractivity contribution in [2.24, 2.45) is 0 Å². The molecule has 6 nitrogen and oxygen atoms in total. The van der Waals surface area contributed by atoms with E-state index in [0.29, 0.717) is 22.1 Å². The van der Waals surface area contributed by atoms with Crippen molar-refractivity contribution in [1.29, 1.82) is 0 Å². The number of anilines is 2. The van der Waals surface area contributed by atoms with Crippen LogP contribution in [-0.2, 0) is 9.59 Å². The number of amides is 2. The molecule has 0 unspecified atom stereocenters. The molecule has 0 saturated heterocycles. The summed E-state index contributed by atoms with van der Waals surface area (Å²) in [6.45, 7) is 1.96. The van der Waals surface area contributed by atoms with Crippen molar-refractivity contribution < 1.29 is 14.3 Å². The van der Waals surface area contributed by atoms with E-state index in [2.05, 4.69) is 10.6 Å². The highest BCUT2D eigenvalue weighted by Gasteiger charge is 2.11. The van der Waals surface area contributed by atoms with Gasteiger partial charge < -0.3 is 20.3 Å². The Morgan fingerprint density at radius 1 is 1.04 bits per heavy atom. The zero-order chi connectivity index (χ0) is 19.1. The van der Waals surface area contributed by atoms with Gasteiger partial charge in [0.1, 0.15) is 5.75 Å². The molecular weight excluding hydrogens is 354 g/mol. The summed E-state index contributed by atoms with van der Waals surface area (Å²) >= 11 is 5.91. The SMILES string of the molecule is Cc1cc(Cl)ccc1OCC(=O)Nc1ccccc1NC(=O)CN(C)C. The Kier molecular flexibility index (Phi) is 7.00. The molecule has 0 aliphatic heterocycles. The second kappa shape index (κ2) is 9.22. The van der Waals surface area contributed by atoms with Crippen molar-refractivity contribution in [2.45, 2.75) is 6.92 Å². The summed E-state index contributed by atoms with van der Waals surface area (Å²) in [5.74, 6) is 0.107. The number of para-hydroxylation sites is 2. The summed E-state index contributed by atoms with van der Waals surface area (Å²) in [4.78, 5) is 25.9. The molecule has 0 spiro atoms. The van der Waals surface area contributed by atoms with E-state index in [1.165, 1.54) is 0 Å². The minimum atomic E-state index is -0.325. The number of carbonyl (C=O) groups excluding carboxylic acids is 2. The third-order valence-corrected chi connectivity index (χ3v) is 3.67. The number of nitrogens with one attached hydrogen (secondary N) is 2. The number of halogens is 1. The monoisotopic (exact) mass is 375 g/mol. The molecule has 0 atom stereocenters. The molecule has 0 bridgehead atoms. The highest BCUT2D eigenvalue weighted by molar-refractivity contribution is 6.30. The Morgan fingerprint density at radius 2 is 1.65 bits per heavy atom. The van der Waals surface area contributed by atoms with Crippen molar-refractivity contribution >= 4 is 34.8 Å². The highest BCUT2D eigenvalue weighted by atomic mass is 35.5. The standard InChI is InChI=1S/C19H22ClN3O3/c1-13-10-14(20)8-9-17(13)26-12-19(25)22-16-7-5-4-6-15(16)21-18(24)11-23(2)3/h4-10H,11-12H2,1-3H3,(H,21,24)(H,22,25). The van der Waals surface area contributed by atoms with Gasteiger partial charge in [-0.05, 0) is 56.9 Å². The van der Waals surface area contributed by atoms with Crippen LogP contribution in [0.3, 0.4) is 0 Å². The predicted molar refractivity (Wildman–Crippen MR) is 104 cm³/mol. The number of carbonyl (C=O) groups is 2. The van der Waals surface area contributed by atoms with Crippen LogP contribution in [-0.4, -0.2) is 44.0 Å². The van der Waals surface area contributed by atoms with Crippen LogP contribution in [0.5, 0.6) is 5.75 Å². The van der Waals surface area contributed by atoms with Gasteiger partial charge in [0.15, 0.2) is 6.61 Å². The van der Waals surface area contributed by atoms with Gasteiger partial charge in [0.25, 0.3) is 5.91 Å². The fourth-order valence-electron chi connectivity index (χ4n) is 2.28. The van der Waals surface area contributed by atoms with Crippen molar-refractivity contribution in [2.75, 3.05) is 37.9 Å². The van der Waals surface area contributed by atoms with Crippen LogP contribution in [0.15, 0.2) is 42.5 Å². The van der Waals surface area contributed by atoms with Crippen LogP contribution in [0.2, 0.25) is 5.02 Å². The highest BCUT2D eigenvalue weighted by Crippen LogP contribution is 2.23. The first-order chi connectivity index (χ1) is 12.3. The Balaban J connectivity index is 1.97. The van der Waals surface area contributed by atoms with Gasteiger partial charge in [-0.1, -0.05) is 23.7 Å². The second-order valence-corrected chi connectivity index (χ2v) is 6.51. The molecular formula is C19H22ClN3O3. The summed E-state index contributed by atoms with van der Waals surface area (Å²) in [7, 11) is 3.62. The molecule has 0 radical (unpaired) electrons. The molecule has 0 aliphatic carbocycles. The molecule has 0 saturated carbocycles. The van der Waals surface area contributed by atoms with Crippen LogP contribution in [0, 0.1) is 6.92 Å². The van der Waals surface area contributed by atoms with Gasteiger partial charge in [0.2, 0.25) is 5.91 Å². The molecule has 2 aromatic carbocycles. The molecule has 0 heterocycles. The molecule has 0 aromatic heterocycles. The van der Waals surface area contributed by atoms with E-state index in [-0.39, 0.29) is 25.0 Å². The fraction of sp³-hybridized carbons (Fsp3) is 0.263. The van der Waals surface area contributed by atoms with Gasteiger partial charge in [-0.25, -0.2) is 0 Å². The molecule has 2 aromatic rings. The number of benzene rings is 2. The Morgan fingerprint density at radius 3 is 2.23 bits per heavy atom. The third-order valence-electron chi connectivity index (χ3n) is 3.43. The quantitative estimate of drug-likeness (QED) is 0.779. The fourth-order valence-corrected chi connectivity index (χ4v) is 2.51. The summed E-state index contributed by atoms with van der Waals surface area (Å²) < 4.78 is 5.53. The Hall–Kier alpha value is -2.57. The van der Waals surface area contributed by atoms with E-state index in [1.54, 1.807) is 47.4 Å². The van der Waals surface area contributed by atoms with E-state index in [9.17, 15) is 9.59 Å². The Labute approximate surface area is 158 Å². The summed E-state index contributed by atoms with van der Waals surface area (Å²) in [5, 5.41) is 6.15. The van der Waals surface area contributed by atoms with Gasteiger partial charge >= 0.3 is 0 Å².